The fourth-order valence-corrected chi connectivity index (χ4v) is 13.5. The maximum atomic E-state index is 12.5. The SMILES string of the molecule is COc1cccc(C(=O)O)c1/C=C/c1cccc(Cl)c1.COc1cccc(C(=O)O)c1C.COc1cccc(C(=O)O)c1CBr.COc1cccc(C(=O)O)c1CCc1cccc(Cl)c1.Cc1cccc2c1CCc1cc(Cl)ccc1C2=O.O=C1c2ccc(Cl)cc2CCc2c(O)cccc21.O=Cc1cccc(Cl)c1. The Hall–Kier alpha value is -11.0. The molecule has 2 aliphatic carbocycles. The number of aromatic carboxylic acids is 4. The number of carboxylic acid groups (broad SMARTS) is 4. The molecular formula is C88H76BrCl5O16. The molecule has 566 valence electrons. The number of hydrogen-bond donors (Lipinski definition) is 5. The molecule has 0 saturated heterocycles. The molecule has 16 nitrogen and oxygen atoms in total. The van der Waals surface area contributed by atoms with Crippen molar-refractivity contribution in [1.82, 2.24) is 0 Å². The van der Waals surface area contributed by atoms with E-state index in [0.29, 0.717) is 118 Å². The largest absolute Gasteiger partial charge is 0.508 e. The molecule has 0 amide bonds. The van der Waals surface area contributed by atoms with E-state index in [0.717, 1.165) is 58.1 Å². The van der Waals surface area contributed by atoms with Gasteiger partial charge >= 0.3 is 23.9 Å². The molecule has 0 saturated carbocycles. The summed E-state index contributed by atoms with van der Waals surface area (Å²) in [5.74, 6) is -1.19. The van der Waals surface area contributed by atoms with Crippen LogP contribution in [0.3, 0.4) is 0 Å². The molecule has 0 atom stereocenters. The summed E-state index contributed by atoms with van der Waals surface area (Å²) in [5.41, 5.74) is 14.2. The lowest BCUT2D eigenvalue weighted by Gasteiger charge is -2.11. The molecule has 0 bridgehead atoms. The van der Waals surface area contributed by atoms with Crippen molar-refractivity contribution in [2.24, 2.45) is 0 Å². The minimum atomic E-state index is -0.991. The summed E-state index contributed by atoms with van der Waals surface area (Å²) in [6.07, 6.45) is 8.73. The molecule has 0 heterocycles. The van der Waals surface area contributed by atoms with E-state index < -0.39 is 23.9 Å². The van der Waals surface area contributed by atoms with Crippen molar-refractivity contribution >= 4 is 128 Å². The van der Waals surface area contributed by atoms with Gasteiger partial charge in [0.2, 0.25) is 0 Å². The number of carbonyl (C=O) groups excluding carboxylic acids is 3. The zero-order chi connectivity index (χ0) is 80.1. The maximum Gasteiger partial charge on any atom is 0.336 e. The van der Waals surface area contributed by atoms with Gasteiger partial charge in [0.15, 0.2) is 11.6 Å². The molecule has 22 heteroatoms. The number of aldehydes is 1. The van der Waals surface area contributed by atoms with E-state index in [1.165, 1.54) is 32.5 Å². The van der Waals surface area contributed by atoms with E-state index in [-0.39, 0.29) is 39.6 Å². The maximum absolute atomic E-state index is 12.5. The van der Waals surface area contributed by atoms with Crippen LogP contribution in [0.15, 0.2) is 218 Å². The van der Waals surface area contributed by atoms with Gasteiger partial charge in [-0.25, -0.2) is 19.2 Å². The van der Waals surface area contributed by atoms with E-state index in [9.17, 15) is 48.9 Å². The lowest BCUT2D eigenvalue weighted by atomic mass is 9.96. The van der Waals surface area contributed by atoms with Crippen LogP contribution in [0.5, 0.6) is 28.7 Å². The summed E-state index contributed by atoms with van der Waals surface area (Å²) in [6, 6.07) is 63.5. The van der Waals surface area contributed by atoms with Gasteiger partial charge in [-0.05, 0) is 219 Å². The minimum absolute atomic E-state index is 0.0370. The van der Waals surface area contributed by atoms with Crippen LogP contribution in [0.1, 0.15) is 145 Å². The van der Waals surface area contributed by atoms with Crippen LogP contribution >= 0.6 is 73.9 Å². The van der Waals surface area contributed by atoms with Crippen molar-refractivity contribution in [3.8, 4) is 28.7 Å². The van der Waals surface area contributed by atoms with E-state index in [1.54, 1.807) is 172 Å². The van der Waals surface area contributed by atoms with Gasteiger partial charge < -0.3 is 44.5 Å². The minimum Gasteiger partial charge on any atom is -0.508 e. The zero-order valence-electron chi connectivity index (χ0n) is 60.5. The van der Waals surface area contributed by atoms with Crippen LogP contribution in [0.2, 0.25) is 25.1 Å². The van der Waals surface area contributed by atoms with Crippen molar-refractivity contribution in [3.05, 3.63) is 355 Å². The number of ketones is 2. The van der Waals surface area contributed by atoms with Crippen LogP contribution in [0.4, 0.5) is 0 Å². The number of methoxy groups -OCH3 is 4. The number of rotatable bonds is 15. The molecule has 5 N–H and O–H groups in total. The molecule has 0 spiro atoms. The fraction of sp³-hybridized carbons (Fsp3) is 0.148. The highest BCUT2D eigenvalue weighted by atomic mass is 79.9. The number of carbonyl (C=O) groups is 7. The molecule has 2 aliphatic rings. The zero-order valence-corrected chi connectivity index (χ0v) is 65.8. The van der Waals surface area contributed by atoms with E-state index in [4.69, 9.17) is 87.2 Å². The van der Waals surface area contributed by atoms with Crippen LogP contribution in [0.25, 0.3) is 12.2 Å². The van der Waals surface area contributed by atoms with Gasteiger partial charge in [0, 0.05) is 86.1 Å². The number of phenols is 1. The predicted octanol–water partition coefficient (Wildman–Crippen LogP) is 21.5. The fourth-order valence-electron chi connectivity index (χ4n) is 11.9. The van der Waals surface area contributed by atoms with Gasteiger partial charge in [-0.2, -0.15) is 0 Å². The van der Waals surface area contributed by atoms with Crippen LogP contribution in [0, 0.1) is 13.8 Å². The highest BCUT2D eigenvalue weighted by Crippen LogP contribution is 2.34. The quantitative estimate of drug-likeness (QED) is 0.0363. The van der Waals surface area contributed by atoms with Gasteiger partial charge in [-0.1, -0.05) is 171 Å². The number of aromatic hydroxyl groups is 1. The van der Waals surface area contributed by atoms with Crippen molar-refractivity contribution in [2.75, 3.05) is 28.4 Å². The second-order valence-corrected chi connectivity index (χ2v) is 27.0. The molecule has 0 radical (unpaired) electrons. The molecule has 11 aromatic carbocycles. The number of alkyl halides is 1. The van der Waals surface area contributed by atoms with E-state index >= 15 is 0 Å². The number of hydrogen-bond acceptors (Lipinski definition) is 12. The third-order valence-electron chi connectivity index (χ3n) is 17.3. The van der Waals surface area contributed by atoms with Gasteiger partial charge in [-0.3, -0.25) is 14.4 Å². The highest BCUT2D eigenvalue weighted by Gasteiger charge is 2.25. The normalized spacial score (nSPS) is 11.2. The number of halogens is 6. The Bertz CT molecular complexity index is 5060. The average molecular weight is 1650 g/mol. The molecule has 11 aromatic rings. The third kappa shape index (κ3) is 24.0. The van der Waals surface area contributed by atoms with Crippen molar-refractivity contribution in [1.29, 1.82) is 0 Å². The summed E-state index contributed by atoms with van der Waals surface area (Å²) >= 11 is 32.6. The lowest BCUT2D eigenvalue weighted by molar-refractivity contribution is 0.0684. The number of carboxylic acids is 4. The monoisotopic (exact) mass is 1640 g/mol. The Morgan fingerprint density at radius 2 is 0.827 bits per heavy atom. The number of ether oxygens (including phenoxy) is 4. The number of fused-ring (bicyclic) bond motifs is 4. The predicted molar refractivity (Wildman–Crippen MR) is 437 cm³/mol. The van der Waals surface area contributed by atoms with Gasteiger partial charge in [0.25, 0.3) is 0 Å². The first-order valence-corrected chi connectivity index (χ1v) is 36.8. The Labute approximate surface area is 670 Å². The summed E-state index contributed by atoms with van der Waals surface area (Å²) in [4.78, 5) is 79.0. The Morgan fingerprint density at radius 3 is 1.33 bits per heavy atom. The second-order valence-electron chi connectivity index (χ2n) is 24.2. The molecular weight excluding hydrogens is 1570 g/mol. The van der Waals surface area contributed by atoms with Gasteiger partial charge in [-0.15, -0.1) is 0 Å². The Morgan fingerprint density at radius 1 is 0.409 bits per heavy atom. The summed E-state index contributed by atoms with van der Waals surface area (Å²) in [7, 11) is 6.10. The first kappa shape index (κ1) is 86.2. The van der Waals surface area contributed by atoms with Gasteiger partial charge in [0.05, 0.1) is 50.7 Å². The number of aryl methyl sites for hydroxylation is 4. The molecule has 0 fully saturated rings. The van der Waals surface area contributed by atoms with Gasteiger partial charge in [0.1, 0.15) is 35.0 Å². The smallest absolute Gasteiger partial charge is 0.336 e. The molecule has 13 rings (SSSR count). The van der Waals surface area contributed by atoms with Crippen LogP contribution < -0.4 is 18.9 Å². The van der Waals surface area contributed by atoms with Crippen molar-refractivity contribution < 1.29 is 78.0 Å². The molecule has 110 heavy (non-hydrogen) atoms. The van der Waals surface area contributed by atoms with Crippen LogP contribution in [-0.4, -0.2) is 95.7 Å². The standard InChI is InChI=1S/C16H15ClO3.C16H13ClO3.C16H13ClO.C15H11ClO2.C9H9BrO3.C9H10O3.C7H5ClO/c2*1-20-15-7-3-6-14(16(18)19)13(15)9-8-11-4-2-5-12(17)10-11;1-10-3-2-4-15-13(10)7-5-11-9-12(17)6-8-14(11)16(15)18;16-10-5-7-11-9(8-10)4-6-12-13(15(11)18)2-1-3-14(12)17;1-13-8-4-2-3-6(9(11)12)7(8)5-10;1-6-7(9(10)11)4-3-5-8(6)12-2;8-7-3-1-2-6(4-7)5-9/h2-7,10H,8-9H2,1H3,(H,18,19);2-10H,1H3,(H,18,19);2-4,6,8-9H,5,7H2,1H3;1-3,5,7-8,17H,4,6H2;2-4H,5H2,1H3,(H,11,12);3-5H,1-2H3,(H,10,11);1-5H/b;9-8+;;;;;. The summed E-state index contributed by atoms with van der Waals surface area (Å²) in [6.45, 7) is 3.79. The molecule has 0 unspecified atom stereocenters. The van der Waals surface area contributed by atoms with Crippen molar-refractivity contribution in [2.45, 2.75) is 57.7 Å². The third-order valence-corrected chi connectivity index (χ3v) is 19.1. The summed E-state index contributed by atoms with van der Waals surface area (Å²) < 4.78 is 20.5. The van der Waals surface area contributed by atoms with Crippen LogP contribution in [-0.2, 0) is 43.9 Å². The van der Waals surface area contributed by atoms with Crippen molar-refractivity contribution in [3.63, 3.8) is 0 Å². The first-order valence-electron chi connectivity index (χ1n) is 33.8. The second kappa shape index (κ2) is 42.7. The molecule has 0 aliphatic heterocycles. The first-order chi connectivity index (χ1) is 52.7. The number of phenolic OH excluding ortho intramolecular Hbond substituents is 1. The topological polar surface area (TPSA) is 258 Å². The Balaban J connectivity index is 0.000000181. The summed E-state index contributed by atoms with van der Waals surface area (Å²) in [5, 5.41) is 49.6. The highest BCUT2D eigenvalue weighted by molar-refractivity contribution is 9.08. The average Bonchev–Trinajstić information content (AvgIpc) is 1.64. The Kier molecular flexibility index (Phi) is 33.4. The lowest BCUT2D eigenvalue weighted by Crippen LogP contribution is -2.06. The van der Waals surface area contributed by atoms with E-state index in [2.05, 4.69) is 28.9 Å². The number of benzene rings is 11. The van der Waals surface area contributed by atoms with E-state index in [1.807, 2.05) is 66.7 Å². The molecule has 0 aromatic heterocycles.